The number of aromatic carboxylic acids is 1. The van der Waals surface area contributed by atoms with Crippen molar-refractivity contribution in [2.24, 2.45) is 0 Å². The molecule has 122 valence electrons. The van der Waals surface area contributed by atoms with E-state index >= 15 is 0 Å². The Kier molecular flexibility index (Phi) is 4.19. The summed E-state index contributed by atoms with van der Waals surface area (Å²) in [6.45, 7) is 0. The molecule has 0 bridgehead atoms. The molecule has 0 unspecified atom stereocenters. The Hall–Kier alpha value is -3.87. The Labute approximate surface area is 134 Å². The van der Waals surface area contributed by atoms with Crippen LogP contribution in [0.3, 0.4) is 0 Å². The van der Waals surface area contributed by atoms with Crippen LogP contribution in [0.5, 0.6) is 0 Å². The molecule has 1 heterocycles. The topological polar surface area (TPSA) is 161 Å². The number of carboxylic acid groups (broad SMARTS) is 1. The average molecular weight is 330 g/mol. The molecule has 0 saturated carbocycles. The number of nitrogens with zero attached hydrogens (tertiary/aromatic N) is 3. The monoisotopic (exact) mass is 330 g/mol. The Balaban J connectivity index is 2.82. The number of carbonyl (C=O) groups is 2. The van der Waals surface area contributed by atoms with Crippen LogP contribution >= 0.6 is 0 Å². The summed E-state index contributed by atoms with van der Waals surface area (Å²) in [5, 5.41) is 29.3. The molecule has 10 nitrogen and oxygen atoms in total. The smallest absolute Gasteiger partial charge is 0.357 e. The zero-order valence-electron chi connectivity index (χ0n) is 12.2. The Bertz CT molecular complexity index is 909. The Morgan fingerprint density at radius 3 is 2.62 bits per heavy atom. The molecule has 10 heteroatoms. The summed E-state index contributed by atoms with van der Waals surface area (Å²) in [6, 6.07) is 4.89. The van der Waals surface area contributed by atoms with E-state index in [0.29, 0.717) is 0 Å². The molecule has 0 aliphatic heterocycles. The lowest BCUT2D eigenvalue weighted by Gasteiger charge is -2.09. The SMILES string of the molecule is COC(=O)c1c(N)c(C#N)cn1-c1ccc(C(=O)O)cc1[N+](=O)[O-]. The molecule has 0 radical (unpaired) electrons. The molecule has 2 aromatic rings. The van der Waals surface area contributed by atoms with Gasteiger partial charge < -0.3 is 20.1 Å². The lowest BCUT2D eigenvalue weighted by molar-refractivity contribution is -0.384. The van der Waals surface area contributed by atoms with Crippen LogP contribution in [-0.2, 0) is 4.74 Å². The van der Waals surface area contributed by atoms with Gasteiger partial charge >= 0.3 is 11.9 Å². The van der Waals surface area contributed by atoms with Gasteiger partial charge in [-0.25, -0.2) is 9.59 Å². The van der Waals surface area contributed by atoms with Gasteiger partial charge in [0.15, 0.2) is 5.69 Å². The highest BCUT2D eigenvalue weighted by Gasteiger charge is 2.26. The maximum Gasteiger partial charge on any atom is 0.357 e. The molecule has 3 N–H and O–H groups in total. The number of rotatable bonds is 4. The first kappa shape index (κ1) is 16.5. The number of nitro benzene ring substituents is 1. The number of methoxy groups -OCH3 is 1. The molecular formula is C14H10N4O6. The molecule has 24 heavy (non-hydrogen) atoms. The molecule has 2 rings (SSSR count). The van der Waals surface area contributed by atoms with Gasteiger partial charge in [0.25, 0.3) is 5.69 Å². The molecule has 0 atom stereocenters. The van der Waals surface area contributed by atoms with Gasteiger partial charge in [-0.3, -0.25) is 10.1 Å². The van der Waals surface area contributed by atoms with Crippen molar-refractivity contribution in [1.82, 2.24) is 4.57 Å². The highest BCUT2D eigenvalue weighted by Crippen LogP contribution is 2.30. The van der Waals surface area contributed by atoms with Gasteiger partial charge in [-0.15, -0.1) is 0 Å². The molecule has 0 saturated heterocycles. The van der Waals surface area contributed by atoms with Gasteiger partial charge in [-0.1, -0.05) is 0 Å². The zero-order chi connectivity index (χ0) is 18.0. The summed E-state index contributed by atoms with van der Waals surface area (Å²) in [7, 11) is 1.09. The van der Waals surface area contributed by atoms with Crippen molar-refractivity contribution >= 4 is 23.3 Å². The number of esters is 1. The largest absolute Gasteiger partial charge is 0.478 e. The lowest BCUT2D eigenvalue weighted by Crippen LogP contribution is -2.12. The fourth-order valence-corrected chi connectivity index (χ4v) is 2.11. The van der Waals surface area contributed by atoms with Crippen LogP contribution in [0.4, 0.5) is 11.4 Å². The third-order valence-electron chi connectivity index (χ3n) is 3.22. The van der Waals surface area contributed by atoms with E-state index in [2.05, 4.69) is 4.74 Å². The van der Waals surface area contributed by atoms with Crippen LogP contribution in [0.1, 0.15) is 26.4 Å². The van der Waals surface area contributed by atoms with E-state index in [0.717, 1.165) is 36.1 Å². The quantitative estimate of drug-likeness (QED) is 0.482. The van der Waals surface area contributed by atoms with Crippen molar-refractivity contribution in [3.8, 4) is 11.8 Å². The molecular weight excluding hydrogens is 320 g/mol. The normalized spacial score (nSPS) is 10.0. The van der Waals surface area contributed by atoms with E-state index in [4.69, 9.17) is 16.1 Å². The van der Waals surface area contributed by atoms with Gasteiger partial charge in [0.1, 0.15) is 11.8 Å². The molecule has 0 aliphatic carbocycles. The predicted octanol–water partition coefficient (Wildman–Crippen LogP) is 1.32. The van der Waals surface area contributed by atoms with E-state index in [-0.39, 0.29) is 28.2 Å². The minimum Gasteiger partial charge on any atom is -0.478 e. The number of nitriles is 1. The van der Waals surface area contributed by atoms with Crippen LogP contribution < -0.4 is 5.73 Å². The molecule has 0 amide bonds. The van der Waals surface area contributed by atoms with Crippen molar-refractivity contribution < 1.29 is 24.4 Å². The second kappa shape index (κ2) is 6.09. The fraction of sp³-hybridized carbons (Fsp3) is 0.0714. The number of anilines is 1. The van der Waals surface area contributed by atoms with Crippen LogP contribution in [0.15, 0.2) is 24.4 Å². The third kappa shape index (κ3) is 2.61. The lowest BCUT2D eigenvalue weighted by atomic mass is 10.1. The van der Waals surface area contributed by atoms with E-state index in [1.54, 1.807) is 6.07 Å². The van der Waals surface area contributed by atoms with Crippen LogP contribution in [0, 0.1) is 21.4 Å². The number of aromatic nitrogens is 1. The van der Waals surface area contributed by atoms with Gasteiger partial charge in [-0.05, 0) is 12.1 Å². The summed E-state index contributed by atoms with van der Waals surface area (Å²) in [5.74, 6) is -2.24. The number of nitrogen functional groups attached to an aromatic ring is 1. The average Bonchev–Trinajstić information content (AvgIpc) is 2.89. The second-order valence-corrected chi connectivity index (χ2v) is 4.54. The maximum absolute atomic E-state index is 11.9. The third-order valence-corrected chi connectivity index (χ3v) is 3.22. The number of nitro groups is 1. The van der Waals surface area contributed by atoms with Gasteiger partial charge in [0.2, 0.25) is 0 Å². The Morgan fingerprint density at radius 2 is 2.12 bits per heavy atom. The molecule has 0 aliphatic rings. The summed E-state index contributed by atoms with van der Waals surface area (Å²) < 4.78 is 5.62. The number of hydrogen-bond donors (Lipinski definition) is 2. The standard InChI is InChI=1S/C14H10N4O6/c1-24-14(21)12-11(16)8(5-15)6-17(12)9-3-2-7(13(19)20)4-10(9)18(22)23/h2-4,6H,16H2,1H3,(H,19,20). The summed E-state index contributed by atoms with van der Waals surface area (Å²) in [4.78, 5) is 33.4. The highest BCUT2D eigenvalue weighted by atomic mass is 16.6. The minimum atomic E-state index is -1.34. The van der Waals surface area contributed by atoms with Crippen molar-refractivity contribution in [3.63, 3.8) is 0 Å². The first-order valence-electron chi connectivity index (χ1n) is 6.33. The molecule has 1 aromatic carbocycles. The second-order valence-electron chi connectivity index (χ2n) is 4.54. The van der Waals surface area contributed by atoms with Crippen molar-refractivity contribution in [2.75, 3.05) is 12.8 Å². The molecule has 0 spiro atoms. The summed E-state index contributed by atoms with van der Waals surface area (Å²) in [6.07, 6.45) is 1.14. The zero-order valence-corrected chi connectivity index (χ0v) is 12.2. The number of carboxylic acids is 1. The highest BCUT2D eigenvalue weighted by molar-refractivity contribution is 5.96. The minimum absolute atomic E-state index is 0.0768. The predicted molar refractivity (Wildman–Crippen MR) is 79.8 cm³/mol. The number of benzene rings is 1. The van der Waals surface area contributed by atoms with Crippen LogP contribution in [-0.4, -0.2) is 33.6 Å². The summed E-state index contributed by atoms with van der Waals surface area (Å²) in [5.41, 5.74) is 4.19. The number of ether oxygens (including phenoxy) is 1. The fourth-order valence-electron chi connectivity index (χ4n) is 2.11. The van der Waals surface area contributed by atoms with Crippen LogP contribution in [0.25, 0.3) is 5.69 Å². The van der Waals surface area contributed by atoms with Crippen molar-refractivity contribution in [3.05, 3.63) is 51.3 Å². The first-order valence-corrected chi connectivity index (χ1v) is 6.33. The van der Waals surface area contributed by atoms with E-state index < -0.39 is 22.5 Å². The first-order chi connectivity index (χ1) is 11.3. The van der Waals surface area contributed by atoms with E-state index in [1.807, 2.05) is 0 Å². The van der Waals surface area contributed by atoms with Crippen LogP contribution in [0.2, 0.25) is 0 Å². The van der Waals surface area contributed by atoms with Gasteiger partial charge in [0, 0.05) is 12.3 Å². The Morgan fingerprint density at radius 1 is 1.46 bits per heavy atom. The van der Waals surface area contributed by atoms with Crippen molar-refractivity contribution in [2.45, 2.75) is 0 Å². The molecule has 1 aromatic heterocycles. The van der Waals surface area contributed by atoms with Gasteiger partial charge in [-0.2, -0.15) is 5.26 Å². The maximum atomic E-state index is 11.9. The number of nitrogens with two attached hydrogens (primary N) is 1. The van der Waals surface area contributed by atoms with Gasteiger partial charge in [0.05, 0.1) is 28.8 Å². The number of hydrogen-bond acceptors (Lipinski definition) is 7. The van der Waals surface area contributed by atoms with E-state index in [9.17, 15) is 19.7 Å². The summed E-state index contributed by atoms with van der Waals surface area (Å²) >= 11 is 0. The molecule has 0 fully saturated rings. The van der Waals surface area contributed by atoms with E-state index in [1.165, 1.54) is 0 Å². The number of carbonyl (C=O) groups excluding carboxylic acids is 1. The van der Waals surface area contributed by atoms with Crippen molar-refractivity contribution in [1.29, 1.82) is 5.26 Å².